The van der Waals surface area contributed by atoms with Gasteiger partial charge in [-0.05, 0) is 35.4 Å². The molecule has 0 aliphatic carbocycles. The molecule has 0 aromatic heterocycles. The highest BCUT2D eigenvalue weighted by Gasteiger charge is 2.19. The summed E-state index contributed by atoms with van der Waals surface area (Å²) in [5.74, 6) is 0.625. The number of carbonyl (C=O) groups excluding carboxylic acids is 1. The third-order valence-corrected chi connectivity index (χ3v) is 3.51. The average molecular weight is 271 g/mol. The first-order valence-corrected chi connectivity index (χ1v) is 6.78. The maximum absolute atomic E-state index is 12.1. The Hall–Kier alpha value is -2.07. The van der Waals surface area contributed by atoms with Gasteiger partial charge in [0.25, 0.3) is 0 Å². The van der Waals surface area contributed by atoms with Crippen molar-refractivity contribution >= 4 is 16.9 Å². The van der Waals surface area contributed by atoms with Gasteiger partial charge < -0.3 is 14.4 Å². The van der Waals surface area contributed by atoms with Crippen LogP contribution >= 0.6 is 0 Å². The van der Waals surface area contributed by atoms with Crippen LogP contribution in [0.15, 0.2) is 36.4 Å². The zero-order valence-electron chi connectivity index (χ0n) is 11.5. The van der Waals surface area contributed by atoms with E-state index in [2.05, 4.69) is 6.07 Å². The standard InChI is InChI=1S/C16H17NO3/c1-12-10-13-4-2-3-5-14(13)11-15(12)20-16(18)17-6-8-19-9-7-17/h2-5,10-11H,6-9H2,1H3. The minimum absolute atomic E-state index is 0.299. The van der Waals surface area contributed by atoms with E-state index in [1.807, 2.05) is 37.3 Å². The smallest absolute Gasteiger partial charge is 0.410 e. The number of morpholine rings is 1. The monoisotopic (exact) mass is 271 g/mol. The van der Waals surface area contributed by atoms with Gasteiger partial charge in [0.05, 0.1) is 13.2 Å². The van der Waals surface area contributed by atoms with E-state index in [4.69, 9.17) is 9.47 Å². The highest BCUT2D eigenvalue weighted by molar-refractivity contribution is 5.85. The molecule has 0 spiro atoms. The van der Waals surface area contributed by atoms with Crippen LogP contribution in [0.3, 0.4) is 0 Å². The third-order valence-electron chi connectivity index (χ3n) is 3.51. The topological polar surface area (TPSA) is 38.8 Å². The molecule has 4 nitrogen and oxygen atoms in total. The molecule has 0 atom stereocenters. The largest absolute Gasteiger partial charge is 0.415 e. The van der Waals surface area contributed by atoms with Crippen LogP contribution in [0.2, 0.25) is 0 Å². The number of fused-ring (bicyclic) bond motifs is 1. The summed E-state index contributed by atoms with van der Waals surface area (Å²) in [7, 11) is 0. The highest BCUT2D eigenvalue weighted by atomic mass is 16.6. The molecular weight excluding hydrogens is 254 g/mol. The molecule has 0 N–H and O–H groups in total. The lowest BCUT2D eigenvalue weighted by Crippen LogP contribution is -2.42. The predicted molar refractivity (Wildman–Crippen MR) is 77.1 cm³/mol. The number of amides is 1. The molecule has 3 rings (SSSR count). The maximum atomic E-state index is 12.1. The Kier molecular flexibility index (Phi) is 3.56. The van der Waals surface area contributed by atoms with Crippen molar-refractivity contribution in [1.82, 2.24) is 4.90 Å². The van der Waals surface area contributed by atoms with Crippen LogP contribution in [0.4, 0.5) is 4.79 Å². The summed E-state index contributed by atoms with van der Waals surface area (Å²) in [6, 6.07) is 12.0. The van der Waals surface area contributed by atoms with Gasteiger partial charge in [-0.3, -0.25) is 0 Å². The zero-order valence-corrected chi connectivity index (χ0v) is 11.5. The fourth-order valence-corrected chi connectivity index (χ4v) is 2.35. The molecule has 1 aliphatic heterocycles. The number of benzene rings is 2. The normalized spacial score (nSPS) is 15.3. The first-order valence-electron chi connectivity index (χ1n) is 6.78. The van der Waals surface area contributed by atoms with E-state index in [1.165, 1.54) is 0 Å². The van der Waals surface area contributed by atoms with E-state index in [-0.39, 0.29) is 6.09 Å². The van der Waals surface area contributed by atoms with E-state index in [0.717, 1.165) is 16.3 Å². The number of nitrogens with zero attached hydrogens (tertiary/aromatic N) is 1. The Morgan fingerprint density at radius 3 is 2.50 bits per heavy atom. The molecule has 4 heteroatoms. The van der Waals surface area contributed by atoms with Crippen LogP contribution in [-0.4, -0.2) is 37.3 Å². The van der Waals surface area contributed by atoms with Gasteiger partial charge >= 0.3 is 6.09 Å². The van der Waals surface area contributed by atoms with Crippen molar-refractivity contribution in [3.8, 4) is 5.75 Å². The number of ether oxygens (including phenoxy) is 2. The van der Waals surface area contributed by atoms with Crippen molar-refractivity contribution in [2.75, 3.05) is 26.3 Å². The van der Waals surface area contributed by atoms with E-state index in [9.17, 15) is 4.79 Å². The molecular formula is C16H17NO3. The molecule has 104 valence electrons. The van der Waals surface area contributed by atoms with E-state index >= 15 is 0 Å². The number of hydrogen-bond donors (Lipinski definition) is 0. The van der Waals surface area contributed by atoms with Crippen molar-refractivity contribution in [3.63, 3.8) is 0 Å². The quantitative estimate of drug-likeness (QED) is 0.800. The highest BCUT2D eigenvalue weighted by Crippen LogP contribution is 2.25. The van der Waals surface area contributed by atoms with Crippen molar-refractivity contribution in [2.45, 2.75) is 6.92 Å². The maximum Gasteiger partial charge on any atom is 0.415 e. The molecule has 1 fully saturated rings. The predicted octanol–water partition coefficient (Wildman–Crippen LogP) is 2.98. The Balaban J connectivity index is 1.82. The van der Waals surface area contributed by atoms with Crippen LogP contribution < -0.4 is 4.74 Å². The molecule has 0 radical (unpaired) electrons. The lowest BCUT2D eigenvalue weighted by atomic mass is 10.1. The molecule has 1 aliphatic rings. The van der Waals surface area contributed by atoms with Crippen LogP contribution in [0.5, 0.6) is 5.75 Å². The van der Waals surface area contributed by atoms with E-state index in [1.54, 1.807) is 4.90 Å². The number of carbonyl (C=O) groups is 1. The number of rotatable bonds is 1. The van der Waals surface area contributed by atoms with Crippen LogP contribution in [-0.2, 0) is 4.74 Å². The lowest BCUT2D eigenvalue weighted by molar-refractivity contribution is 0.0415. The van der Waals surface area contributed by atoms with Crippen LogP contribution in [0, 0.1) is 6.92 Å². The molecule has 20 heavy (non-hydrogen) atoms. The summed E-state index contributed by atoms with van der Waals surface area (Å²) < 4.78 is 10.8. The average Bonchev–Trinajstić information content (AvgIpc) is 2.49. The molecule has 1 amide bonds. The summed E-state index contributed by atoms with van der Waals surface area (Å²) in [5.41, 5.74) is 0.963. The second-order valence-electron chi connectivity index (χ2n) is 4.93. The van der Waals surface area contributed by atoms with Crippen molar-refractivity contribution < 1.29 is 14.3 Å². The van der Waals surface area contributed by atoms with Gasteiger partial charge in [0, 0.05) is 13.1 Å². The Labute approximate surface area is 117 Å². The minimum atomic E-state index is -0.299. The molecule has 0 saturated carbocycles. The fraction of sp³-hybridized carbons (Fsp3) is 0.312. The minimum Gasteiger partial charge on any atom is -0.410 e. The summed E-state index contributed by atoms with van der Waals surface area (Å²) in [6.45, 7) is 4.28. The van der Waals surface area contributed by atoms with Gasteiger partial charge in [0.2, 0.25) is 0 Å². The van der Waals surface area contributed by atoms with Gasteiger partial charge in [-0.15, -0.1) is 0 Å². The third kappa shape index (κ3) is 2.60. The first kappa shape index (κ1) is 12.9. The van der Waals surface area contributed by atoms with Crippen molar-refractivity contribution in [3.05, 3.63) is 42.0 Å². The summed E-state index contributed by atoms with van der Waals surface area (Å²) >= 11 is 0. The Bertz CT molecular complexity index is 633. The Morgan fingerprint density at radius 1 is 1.15 bits per heavy atom. The summed E-state index contributed by atoms with van der Waals surface area (Å²) in [6.07, 6.45) is -0.299. The zero-order chi connectivity index (χ0) is 13.9. The summed E-state index contributed by atoms with van der Waals surface area (Å²) in [4.78, 5) is 13.8. The van der Waals surface area contributed by atoms with E-state index < -0.39 is 0 Å². The van der Waals surface area contributed by atoms with Crippen molar-refractivity contribution in [2.24, 2.45) is 0 Å². The van der Waals surface area contributed by atoms with Gasteiger partial charge in [-0.2, -0.15) is 0 Å². The fourth-order valence-electron chi connectivity index (χ4n) is 2.35. The number of aryl methyl sites for hydroxylation is 1. The first-order chi connectivity index (χ1) is 9.74. The van der Waals surface area contributed by atoms with Gasteiger partial charge in [-0.1, -0.05) is 24.3 Å². The lowest BCUT2D eigenvalue weighted by Gasteiger charge is -2.26. The van der Waals surface area contributed by atoms with Crippen LogP contribution in [0.25, 0.3) is 10.8 Å². The molecule has 0 bridgehead atoms. The van der Waals surface area contributed by atoms with Crippen molar-refractivity contribution in [1.29, 1.82) is 0 Å². The molecule has 2 aromatic carbocycles. The van der Waals surface area contributed by atoms with E-state index in [0.29, 0.717) is 32.1 Å². The molecule has 1 saturated heterocycles. The molecule has 0 unspecified atom stereocenters. The molecule has 1 heterocycles. The number of hydrogen-bond acceptors (Lipinski definition) is 3. The SMILES string of the molecule is Cc1cc2ccccc2cc1OC(=O)N1CCOCC1. The van der Waals surface area contributed by atoms with Gasteiger partial charge in [0.1, 0.15) is 5.75 Å². The summed E-state index contributed by atoms with van der Waals surface area (Å²) in [5, 5.41) is 2.22. The van der Waals surface area contributed by atoms with Crippen LogP contribution in [0.1, 0.15) is 5.56 Å². The second kappa shape index (κ2) is 5.51. The second-order valence-corrected chi connectivity index (χ2v) is 4.93. The van der Waals surface area contributed by atoms with Gasteiger partial charge in [-0.25, -0.2) is 4.79 Å². The van der Waals surface area contributed by atoms with Gasteiger partial charge in [0.15, 0.2) is 0 Å². The molecule has 2 aromatic rings. The Morgan fingerprint density at radius 2 is 1.80 bits per heavy atom.